The van der Waals surface area contributed by atoms with Crippen molar-refractivity contribution >= 4 is 28.4 Å². The molecule has 0 unspecified atom stereocenters. The van der Waals surface area contributed by atoms with Crippen molar-refractivity contribution in [3.63, 3.8) is 0 Å². The van der Waals surface area contributed by atoms with Crippen molar-refractivity contribution in [3.8, 4) is 11.4 Å². The number of fused-ring (bicyclic) bond motifs is 2. The van der Waals surface area contributed by atoms with Crippen molar-refractivity contribution in [1.82, 2.24) is 19.7 Å². The highest BCUT2D eigenvalue weighted by Crippen LogP contribution is 2.49. The first-order valence-corrected chi connectivity index (χ1v) is 8.34. The van der Waals surface area contributed by atoms with Gasteiger partial charge in [0, 0.05) is 23.7 Å². The van der Waals surface area contributed by atoms with Gasteiger partial charge in [0.05, 0.1) is 22.4 Å². The van der Waals surface area contributed by atoms with Crippen molar-refractivity contribution in [2.24, 2.45) is 0 Å². The lowest BCUT2D eigenvalue weighted by molar-refractivity contribution is -0.387. The summed E-state index contributed by atoms with van der Waals surface area (Å²) in [5.41, 5.74) is 2.56. The smallest absolute Gasteiger partial charge is 0.284 e. The van der Waals surface area contributed by atoms with Crippen molar-refractivity contribution in [2.45, 2.75) is 16.3 Å². The van der Waals surface area contributed by atoms with Gasteiger partial charge in [-0.3, -0.25) is 19.8 Å². The molecule has 1 aliphatic heterocycles. The van der Waals surface area contributed by atoms with Gasteiger partial charge in [-0.1, -0.05) is 11.8 Å². The number of aromatic nitrogens is 3. The predicted octanol–water partition coefficient (Wildman–Crippen LogP) is 3.03. The van der Waals surface area contributed by atoms with Gasteiger partial charge in [0.1, 0.15) is 16.3 Å². The van der Waals surface area contributed by atoms with E-state index in [4.69, 9.17) is 5.10 Å². The van der Waals surface area contributed by atoms with Gasteiger partial charge in [-0.2, -0.15) is 5.10 Å². The molecule has 1 aromatic carbocycles. The molecule has 0 aliphatic carbocycles. The Kier molecular flexibility index (Phi) is 3.50. The Morgan fingerprint density at radius 1 is 1.29 bits per heavy atom. The fourth-order valence-electron chi connectivity index (χ4n) is 2.87. The van der Waals surface area contributed by atoms with Crippen LogP contribution in [0.5, 0.6) is 0 Å². The van der Waals surface area contributed by atoms with Crippen LogP contribution in [0.4, 0.5) is 5.69 Å². The van der Waals surface area contributed by atoms with Gasteiger partial charge in [-0.25, -0.2) is 0 Å². The van der Waals surface area contributed by atoms with E-state index in [1.807, 2.05) is 30.9 Å². The molecule has 0 bridgehead atoms. The Labute approximate surface area is 142 Å². The largest absolute Gasteiger partial charge is 0.308 e. The molecular formula is C16H15N5O2S. The zero-order chi connectivity index (χ0) is 16.8. The number of likely N-dealkylation sites (N-methyl/N-ethyl adjacent to an activating group) is 1. The summed E-state index contributed by atoms with van der Waals surface area (Å²) in [6.45, 7) is 1.55. The lowest BCUT2D eigenvalue weighted by atomic mass is 10.1. The van der Waals surface area contributed by atoms with Gasteiger partial charge in [-0.05, 0) is 32.3 Å². The van der Waals surface area contributed by atoms with Crippen LogP contribution < -0.4 is 0 Å². The minimum atomic E-state index is -0.329. The Balaban J connectivity index is 1.99. The van der Waals surface area contributed by atoms with Crippen LogP contribution in [0.3, 0.4) is 0 Å². The first kappa shape index (κ1) is 15.1. The second-order valence-corrected chi connectivity index (χ2v) is 6.94. The normalized spacial score (nSPS) is 12.6. The third-order valence-electron chi connectivity index (χ3n) is 4.01. The van der Waals surface area contributed by atoms with Gasteiger partial charge in [0.2, 0.25) is 0 Å². The minimum Gasteiger partial charge on any atom is -0.308 e. The lowest BCUT2D eigenvalue weighted by Crippen LogP contribution is -2.19. The second-order valence-electron chi connectivity index (χ2n) is 5.89. The third kappa shape index (κ3) is 2.26. The highest BCUT2D eigenvalue weighted by Gasteiger charge is 2.30. The van der Waals surface area contributed by atoms with Gasteiger partial charge in [0.25, 0.3) is 5.69 Å². The number of nitro groups is 1. The summed E-state index contributed by atoms with van der Waals surface area (Å²) in [7, 11) is 4.02. The quantitative estimate of drug-likeness (QED) is 0.419. The maximum absolute atomic E-state index is 11.4. The van der Waals surface area contributed by atoms with Crippen LogP contribution in [-0.2, 0) is 6.54 Å². The number of pyridine rings is 1. The Bertz CT molecular complexity index is 967. The van der Waals surface area contributed by atoms with Crippen LogP contribution in [-0.4, -0.2) is 45.2 Å². The molecule has 0 saturated heterocycles. The van der Waals surface area contributed by atoms with Crippen molar-refractivity contribution in [1.29, 1.82) is 0 Å². The molecular weight excluding hydrogens is 326 g/mol. The molecule has 1 aliphatic rings. The predicted molar refractivity (Wildman–Crippen MR) is 92.3 cm³/mol. The zero-order valence-electron chi connectivity index (χ0n) is 13.3. The molecule has 0 N–H and O–H groups in total. The molecule has 0 spiro atoms. The highest BCUT2D eigenvalue weighted by molar-refractivity contribution is 8.00. The molecule has 24 heavy (non-hydrogen) atoms. The molecule has 8 heteroatoms. The van der Waals surface area contributed by atoms with Crippen LogP contribution in [0.1, 0.15) is 0 Å². The number of nitrogens with zero attached hydrogens (tertiary/aromatic N) is 5. The first-order chi connectivity index (χ1) is 11.6. The van der Waals surface area contributed by atoms with Crippen LogP contribution in [0.25, 0.3) is 22.3 Å². The topological polar surface area (TPSA) is 77.1 Å². The van der Waals surface area contributed by atoms with Crippen LogP contribution in [0, 0.1) is 10.1 Å². The van der Waals surface area contributed by atoms with Gasteiger partial charge >= 0.3 is 0 Å². The summed E-state index contributed by atoms with van der Waals surface area (Å²) in [5.74, 6) is 0. The maximum atomic E-state index is 11.4. The van der Waals surface area contributed by atoms with E-state index in [9.17, 15) is 10.1 Å². The molecule has 3 aromatic rings. The van der Waals surface area contributed by atoms with Crippen molar-refractivity contribution in [3.05, 3.63) is 40.6 Å². The van der Waals surface area contributed by atoms with E-state index in [1.165, 1.54) is 11.8 Å². The lowest BCUT2D eigenvalue weighted by Gasteiger charge is -2.13. The fourth-order valence-corrected chi connectivity index (χ4v) is 4.03. The summed E-state index contributed by atoms with van der Waals surface area (Å²) < 4.78 is 1.92. The summed E-state index contributed by atoms with van der Waals surface area (Å²) in [5, 5.41) is 17.0. The van der Waals surface area contributed by atoms with Crippen LogP contribution in [0.2, 0.25) is 0 Å². The molecule has 0 amide bonds. The van der Waals surface area contributed by atoms with E-state index in [2.05, 4.69) is 9.88 Å². The van der Waals surface area contributed by atoms with Gasteiger partial charge in [-0.15, -0.1) is 0 Å². The number of hydrogen-bond donors (Lipinski definition) is 0. The van der Waals surface area contributed by atoms with E-state index in [-0.39, 0.29) is 10.6 Å². The molecule has 2 aromatic heterocycles. The van der Waals surface area contributed by atoms with E-state index < -0.39 is 0 Å². The number of hydrogen-bond acceptors (Lipinski definition) is 6. The monoisotopic (exact) mass is 341 g/mol. The molecule has 0 radical (unpaired) electrons. The van der Waals surface area contributed by atoms with E-state index in [0.717, 1.165) is 33.7 Å². The van der Waals surface area contributed by atoms with Crippen molar-refractivity contribution < 1.29 is 4.92 Å². The van der Waals surface area contributed by atoms with E-state index in [0.29, 0.717) is 11.4 Å². The highest BCUT2D eigenvalue weighted by atomic mass is 32.2. The molecule has 0 atom stereocenters. The molecule has 0 saturated carbocycles. The maximum Gasteiger partial charge on any atom is 0.284 e. The number of rotatable bonds is 4. The average molecular weight is 341 g/mol. The Morgan fingerprint density at radius 3 is 2.88 bits per heavy atom. The molecule has 4 rings (SSSR count). The van der Waals surface area contributed by atoms with Gasteiger partial charge in [0.15, 0.2) is 0 Å². The second kappa shape index (κ2) is 5.57. The molecule has 122 valence electrons. The first-order valence-electron chi connectivity index (χ1n) is 7.52. The Hall–Kier alpha value is -2.45. The van der Waals surface area contributed by atoms with Gasteiger partial charge < -0.3 is 4.90 Å². The standard InChI is InChI=1S/C16H15N5O2S/c1-19(2)8-9-20-10-5-6-11(21(22)23)16-13(10)15(18-20)14-12(24-16)4-3-7-17-14/h3-7H,8-9H2,1-2H3. The molecule has 0 fully saturated rings. The zero-order valence-corrected chi connectivity index (χ0v) is 14.1. The average Bonchev–Trinajstić information content (AvgIpc) is 2.93. The Morgan fingerprint density at radius 2 is 2.12 bits per heavy atom. The molecule has 3 heterocycles. The van der Waals surface area contributed by atoms with Crippen LogP contribution >= 0.6 is 11.8 Å². The van der Waals surface area contributed by atoms with E-state index in [1.54, 1.807) is 18.3 Å². The molecule has 7 nitrogen and oxygen atoms in total. The summed E-state index contributed by atoms with van der Waals surface area (Å²) in [6.07, 6.45) is 1.73. The summed E-state index contributed by atoms with van der Waals surface area (Å²) in [6, 6.07) is 7.13. The number of benzene rings is 1. The fraction of sp³-hybridized carbons (Fsp3) is 0.250. The SMILES string of the molecule is CN(C)CCn1nc2c3c(c([N+](=O)[O-])ccc31)Sc1cccnc1-2. The van der Waals surface area contributed by atoms with Crippen LogP contribution in [0.15, 0.2) is 40.3 Å². The number of nitro benzene ring substituents is 1. The third-order valence-corrected chi connectivity index (χ3v) is 5.18. The van der Waals surface area contributed by atoms with E-state index >= 15 is 0 Å². The summed E-state index contributed by atoms with van der Waals surface area (Å²) >= 11 is 1.40. The summed E-state index contributed by atoms with van der Waals surface area (Å²) in [4.78, 5) is 19.2. The van der Waals surface area contributed by atoms with Crippen molar-refractivity contribution in [2.75, 3.05) is 20.6 Å². The minimum absolute atomic E-state index is 0.121.